The van der Waals surface area contributed by atoms with Crippen LogP contribution in [0.15, 0.2) is 164 Å². The quantitative estimate of drug-likeness (QED) is 0.194. The molecule has 1 atom stereocenters. The van der Waals surface area contributed by atoms with E-state index in [-0.39, 0.29) is 0 Å². The van der Waals surface area contributed by atoms with Crippen LogP contribution in [0.3, 0.4) is 0 Å². The van der Waals surface area contributed by atoms with Crippen LogP contribution in [0.2, 0.25) is 0 Å². The summed E-state index contributed by atoms with van der Waals surface area (Å²) in [6.07, 6.45) is 0.954. The third kappa shape index (κ3) is 3.72. The molecule has 1 heterocycles. The topological polar surface area (TPSA) is 38.7 Å². The summed E-state index contributed by atoms with van der Waals surface area (Å²) in [6, 6.07) is 59.1. The van der Waals surface area contributed by atoms with E-state index in [9.17, 15) is 0 Å². The first kappa shape index (κ1) is 27.5. The minimum Gasteiger partial charge on any atom is -0.208 e. The molecule has 3 aliphatic rings. The number of nitrogens with zero attached hydrogens (tertiary/aromatic N) is 3. The molecule has 0 amide bonds. The van der Waals surface area contributed by atoms with Crippen molar-refractivity contribution in [1.29, 1.82) is 0 Å². The van der Waals surface area contributed by atoms with Crippen molar-refractivity contribution in [1.82, 2.24) is 15.0 Å². The molecular weight excluding hydrogens is 607 g/mol. The molecule has 3 nitrogen and oxygen atoms in total. The van der Waals surface area contributed by atoms with Crippen LogP contribution in [0.5, 0.6) is 0 Å². The third-order valence-corrected chi connectivity index (χ3v) is 11.0. The van der Waals surface area contributed by atoms with Gasteiger partial charge in [0.25, 0.3) is 0 Å². The number of hydrogen-bond acceptors (Lipinski definition) is 3. The molecule has 1 spiro atoms. The number of rotatable bonds is 3. The molecule has 1 unspecified atom stereocenters. The van der Waals surface area contributed by atoms with E-state index in [0.717, 1.165) is 23.1 Å². The second kappa shape index (κ2) is 10.3. The molecule has 3 heteroatoms. The highest BCUT2D eigenvalue weighted by molar-refractivity contribution is 5.98. The second-order valence-corrected chi connectivity index (χ2v) is 13.5. The van der Waals surface area contributed by atoms with E-state index < -0.39 is 5.41 Å². The molecule has 0 fully saturated rings. The Bertz CT molecular complexity index is 2620. The fourth-order valence-corrected chi connectivity index (χ4v) is 8.84. The summed E-state index contributed by atoms with van der Waals surface area (Å²) in [5.41, 5.74) is 18.4. The maximum atomic E-state index is 5.13. The Morgan fingerprint density at radius 3 is 1.48 bits per heavy atom. The molecule has 7 aromatic carbocycles. The first-order valence-corrected chi connectivity index (χ1v) is 17.2. The average Bonchev–Trinajstić information content (AvgIpc) is 3.80. The van der Waals surface area contributed by atoms with Gasteiger partial charge < -0.3 is 0 Å². The number of hydrogen-bond donors (Lipinski definition) is 0. The molecule has 232 valence electrons. The molecule has 0 bridgehead atoms. The van der Waals surface area contributed by atoms with Gasteiger partial charge in [-0.05, 0) is 85.3 Å². The van der Waals surface area contributed by atoms with Crippen molar-refractivity contribution in [3.8, 4) is 67.5 Å². The van der Waals surface area contributed by atoms with Gasteiger partial charge in [-0.25, -0.2) is 15.0 Å². The molecule has 0 aliphatic heterocycles. The number of fused-ring (bicyclic) bond motifs is 13. The lowest BCUT2D eigenvalue weighted by molar-refractivity contribution is 0.792. The molecule has 1 aromatic heterocycles. The fourth-order valence-electron chi connectivity index (χ4n) is 8.84. The Balaban J connectivity index is 1.18. The zero-order valence-electron chi connectivity index (χ0n) is 27.1. The molecule has 50 heavy (non-hydrogen) atoms. The molecule has 0 saturated carbocycles. The van der Waals surface area contributed by atoms with Crippen molar-refractivity contribution in [3.05, 3.63) is 197 Å². The lowest BCUT2D eigenvalue weighted by Crippen LogP contribution is -2.26. The summed E-state index contributed by atoms with van der Waals surface area (Å²) in [7, 11) is 0. The molecule has 8 aromatic rings. The average molecular weight is 636 g/mol. The van der Waals surface area contributed by atoms with Gasteiger partial charge in [0.2, 0.25) is 0 Å². The summed E-state index contributed by atoms with van der Waals surface area (Å²) < 4.78 is 0. The van der Waals surface area contributed by atoms with Crippen molar-refractivity contribution >= 4 is 0 Å². The Morgan fingerprint density at radius 2 is 0.820 bits per heavy atom. The molecule has 3 aliphatic carbocycles. The van der Waals surface area contributed by atoms with Crippen molar-refractivity contribution in [3.63, 3.8) is 0 Å². The van der Waals surface area contributed by atoms with E-state index in [0.29, 0.717) is 17.5 Å². The van der Waals surface area contributed by atoms with Gasteiger partial charge in [0.05, 0.1) is 5.41 Å². The van der Waals surface area contributed by atoms with Gasteiger partial charge in [-0.1, -0.05) is 152 Å². The highest BCUT2D eigenvalue weighted by Gasteiger charge is 2.52. The van der Waals surface area contributed by atoms with E-state index in [2.05, 4.69) is 127 Å². The van der Waals surface area contributed by atoms with E-state index in [1.807, 2.05) is 36.4 Å². The molecule has 11 rings (SSSR count). The van der Waals surface area contributed by atoms with Crippen molar-refractivity contribution in [2.45, 2.75) is 11.8 Å². The van der Waals surface area contributed by atoms with Gasteiger partial charge in [-0.15, -0.1) is 0 Å². The Kier molecular flexibility index (Phi) is 5.65. The van der Waals surface area contributed by atoms with E-state index >= 15 is 0 Å². The highest BCUT2D eigenvalue weighted by atomic mass is 15.0. The Hall–Kier alpha value is -6.45. The van der Waals surface area contributed by atoms with Crippen molar-refractivity contribution < 1.29 is 0 Å². The fraction of sp³-hybridized carbons (Fsp3) is 0.0426. The Labute approximate surface area is 290 Å². The predicted molar refractivity (Wildman–Crippen MR) is 201 cm³/mol. The van der Waals surface area contributed by atoms with E-state index in [4.69, 9.17) is 15.0 Å². The SMILES string of the molecule is c1ccc(-c2nc(-c3ccccc3)nc(-c3ccc4c(c3)C3(c5ccccc5-4)c4ccccc4-c4cc5c(cc43)Cc3ccccc3-5)n2)cc1. The summed E-state index contributed by atoms with van der Waals surface area (Å²) in [5.74, 6) is 2.00. The summed E-state index contributed by atoms with van der Waals surface area (Å²) >= 11 is 0. The summed E-state index contributed by atoms with van der Waals surface area (Å²) in [5, 5.41) is 0. The lowest BCUT2D eigenvalue weighted by Gasteiger charge is -2.31. The van der Waals surface area contributed by atoms with Crippen LogP contribution in [-0.4, -0.2) is 15.0 Å². The highest BCUT2D eigenvalue weighted by Crippen LogP contribution is 2.64. The normalized spacial score (nSPS) is 15.6. The minimum absolute atomic E-state index is 0.463. The zero-order valence-corrected chi connectivity index (χ0v) is 27.1. The zero-order chi connectivity index (χ0) is 32.8. The van der Waals surface area contributed by atoms with Crippen LogP contribution in [0.4, 0.5) is 0 Å². The van der Waals surface area contributed by atoms with Gasteiger partial charge in [0, 0.05) is 16.7 Å². The second-order valence-electron chi connectivity index (χ2n) is 13.5. The maximum absolute atomic E-state index is 5.13. The molecule has 0 N–H and O–H groups in total. The van der Waals surface area contributed by atoms with Crippen LogP contribution < -0.4 is 0 Å². The molecule has 0 radical (unpaired) electrons. The van der Waals surface area contributed by atoms with Gasteiger partial charge in [-0.2, -0.15) is 0 Å². The standard InChI is InChI=1S/C47H29N3/c1-3-13-29(14-4-1)44-48-45(30-15-5-2-6-16-30)50-46(49-44)32-23-24-37-35-19-9-11-21-40(35)47(42(37)26-32)41-22-12-10-20-36(41)39-28-38-33(27-43(39)47)25-31-17-7-8-18-34(31)38/h1-24,26-28H,25H2. The largest absolute Gasteiger partial charge is 0.208 e. The number of benzene rings is 7. The molecular formula is C47H29N3. The van der Waals surface area contributed by atoms with Gasteiger partial charge in [-0.3, -0.25) is 0 Å². The van der Waals surface area contributed by atoms with Crippen LogP contribution >= 0.6 is 0 Å². The van der Waals surface area contributed by atoms with Gasteiger partial charge in [0.1, 0.15) is 0 Å². The molecule has 0 saturated heterocycles. The van der Waals surface area contributed by atoms with E-state index in [1.54, 1.807) is 0 Å². The summed E-state index contributed by atoms with van der Waals surface area (Å²) in [4.78, 5) is 15.2. The lowest BCUT2D eigenvalue weighted by atomic mass is 9.70. The van der Waals surface area contributed by atoms with Crippen LogP contribution in [0, 0.1) is 0 Å². The first-order chi connectivity index (χ1) is 24.8. The van der Waals surface area contributed by atoms with Gasteiger partial charge >= 0.3 is 0 Å². The first-order valence-electron chi connectivity index (χ1n) is 17.2. The number of aromatic nitrogens is 3. The minimum atomic E-state index is -0.463. The monoisotopic (exact) mass is 635 g/mol. The van der Waals surface area contributed by atoms with Gasteiger partial charge in [0.15, 0.2) is 17.5 Å². The van der Waals surface area contributed by atoms with Crippen molar-refractivity contribution in [2.75, 3.05) is 0 Å². The van der Waals surface area contributed by atoms with Crippen molar-refractivity contribution in [2.24, 2.45) is 0 Å². The Morgan fingerprint density at radius 1 is 0.320 bits per heavy atom. The maximum Gasteiger partial charge on any atom is 0.164 e. The van der Waals surface area contributed by atoms with E-state index in [1.165, 1.54) is 66.8 Å². The summed E-state index contributed by atoms with van der Waals surface area (Å²) in [6.45, 7) is 0. The van der Waals surface area contributed by atoms with Crippen LogP contribution in [0.1, 0.15) is 33.4 Å². The van der Waals surface area contributed by atoms with Crippen LogP contribution in [-0.2, 0) is 11.8 Å². The van der Waals surface area contributed by atoms with Crippen LogP contribution in [0.25, 0.3) is 67.5 Å². The predicted octanol–water partition coefficient (Wildman–Crippen LogP) is 10.8. The third-order valence-electron chi connectivity index (χ3n) is 11.0. The smallest absolute Gasteiger partial charge is 0.164 e.